The topological polar surface area (TPSA) is 58.1 Å². The van der Waals surface area contributed by atoms with Crippen LogP contribution in [0.15, 0.2) is 35.3 Å². The molecule has 1 aromatic carbocycles. The van der Waals surface area contributed by atoms with Crippen LogP contribution >= 0.6 is 0 Å². The Balaban J connectivity index is 1.56. The van der Waals surface area contributed by atoms with E-state index in [1.165, 1.54) is 12.1 Å². The van der Waals surface area contributed by atoms with Crippen LogP contribution in [0.1, 0.15) is 32.6 Å². The Morgan fingerprint density at radius 3 is 2.85 bits per heavy atom. The number of guanidine groups is 1. The van der Waals surface area contributed by atoms with Crippen LogP contribution in [0.2, 0.25) is 0 Å². The Morgan fingerprint density at radius 1 is 1.26 bits per heavy atom. The minimum absolute atomic E-state index is 0.311. The standard InChI is InChI=1S/C21H36N4O2/c1-3-22-21(24-14-9-16-26-18-20-12-7-17-27-20)23-13-8-15-25(2)19-10-5-4-6-11-19/h4-6,10-11,20H,3,7-9,12-18H2,1-2H3,(H2,22,23,24). The molecule has 2 rings (SSSR count). The average molecular weight is 377 g/mol. The molecule has 0 amide bonds. The predicted octanol–water partition coefficient (Wildman–Crippen LogP) is 2.65. The van der Waals surface area contributed by atoms with Crippen molar-refractivity contribution in [1.29, 1.82) is 0 Å². The summed E-state index contributed by atoms with van der Waals surface area (Å²) < 4.78 is 11.3. The lowest BCUT2D eigenvalue weighted by molar-refractivity contribution is 0.0168. The van der Waals surface area contributed by atoms with Gasteiger partial charge in [-0.2, -0.15) is 0 Å². The Morgan fingerprint density at radius 2 is 2.11 bits per heavy atom. The van der Waals surface area contributed by atoms with Crippen molar-refractivity contribution in [3.8, 4) is 0 Å². The Hall–Kier alpha value is -1.79. The van der Waals surface area contributed by atoms with E-state index in [4.69, 9.17) is 9.47 Å². The van der Waals surface area contributed by atoms with Gasteiger partial charge in [0.1, 0.15) is 0 Å². The van der Waals surface area contributed by atoms with Crippen LogP contribution in [0.25, 0.3) is 0 Å². The maximum Gasteiger partial charge on any atom is 0.191 e. The SMILES string of the molecule is CCNC(=NCCCN(C)c1ccccc1)NCCCOCC1CCCO1. The summed E-state index contributed by atoms with van der Waals surface area (Å²) in [5.41, 5.74) is 1.24. The van der Waals surface area contributed by atoms with Crippen LogP contribution in [-0.4, -0.2) is 65.1 Å². The van der Waals surface area contributed by atoms with E-state index in [2.05, 4.69) is 58.8 Å². The normalized spacial score (nSPS) is 17.1. The maximum absolute atomic E-state index is 5.70. The van der Waals surface area contributed by atoms with Gasteiger partial charge in [0.25, 0.3) is 0 Å². The highest BCUT2D eigenvalue weighted by molar-refractivity contribution is 5.79. The average Bonchev–Trinajstić information content (AvgIpc) is 3.21. The van der Waals surface area contributed by atoms with E-state index in [0.717, 1.165) is 71.2 Å². The molecule has 0 aromatic heterocycles. The van der Waals surface area contributed by atoms with E-state index >= 15 is 0 Å². The molecule has 0 aliphatic carbocycles. The van der Waals surface area contributed by atoms with Crippen LogP contribution in [0.3, 0.4) is 0 Å². The highest BCUT2D eigenvalue weighted by atomic mass is 16.5. The van der Waals surface area contributed by atoms with Crippen LogP contribution in [-0.2, 0) is 9.47 Å². The molecular formula is C21H36N4O2. The van der Waals surface area contributed by atoms with Crippen molar-refractivity contribution in [2.75, 3.05) is 57.9 Å². The summed E-state index contributed by atoms with van der Waals surface area (Å²) in [5.74, 6) is 0.888. The predicted molar refractivity (Wildman–Crippen MR) is 113 cm³/mol. The van der Waals surface area contributed by atoms with E-state index in [1.807, 2.05) is 6.07 Å². The number of rotatable bonds is 12. The zero-order valence-corrected chi connectivity index (χ0v) is 17.0. The van der Waals surface area contributed by atoms with Gasteiger partial charge in [-0.25, -0.2) is 0 Å². The first-order valence-corrected chi connectivity index (χ1v) is 10.3. The fourth-order valence-corrected chi connectivity index (χ4v) is 3.02. The fourth-order valence-electron chi connectivity index (χ4n) is 3.02. The lowest BCUT2D eigenvalue weighted by Crippen LogP contribution is -2.38. The zero-order chi connectivity index (χ0) is 19.2. The highest BCUT2D eigenvalue weighted by Crippen LogP contribution is 2.12. The number of hydrogen-bond donors (Lipinski definition) is 2. The molecule has 0 spiro atoms. The minimum atomic E-state index is 0.311. The molecule has 0 radical (unpaired) electrons. The monoisotopic (exact) mass is 376 g/mol. The molecule has 1 heterocycles. The molecule has 1 unspecified atom stereocenters. The van der Waals surface area contributed by atoms with Gasteiger partial charge in [0, 0.05) is 52.1 Å². The number of nitrogens with zero attached hydrogens (tertiary/aromatic N) is 2. The summed E-state index contributed by atoms with van der Waals surface area (Å²) in [7, 11) is 2.12. The highest BCUT2D eigenvalue weighted by Gasteiger charge is 2.14. The Labute approximate surface area is 164 Å². The number of para-hydroxylation sites is 1. The van der Waals surface area contributed by atoms with Gasteiger partial charge in [0.2, 0.25) is 0 Å². The summed E-state index contributed by atoms with van der Waals surface area (Å²) in [6.07, 6.45) is 4.60. The number of anilines is 1. The van der Waals surface area contributed by atoms with Crippen LogP contribution in [0.4, 0.5) is 5.69 Å². The van der Waals surface area contributed by atoms with E-state index < -0.39 is 0 Å². The van der Waals surface area contributed by atoms with Crippen molar-refractivity contribution in [3.05, 3.63) is 30.3 Å². The number of benzene rings is 1. The summed E-state index contributed by atoms with van der Waals surface area (Å²) in [6.45, 7) is 7.99. The number of hydrogen-bond acceptors (Lipinski definition) is 4. The molecule has 6 heteroatoms. The molecule has 152 valence electrons. The van der Waals surface area contributed by atoms with E-state index in [-0.39, 0.29) is 0 Å². The first-order valence-electron chi connectivity index (χ1n) is 10.3. The second-order valence-electron chi connectivity index (χ2n) is 6.86. The van der Waals surface area contributed by atoms with Gasteiger partial charge in [0.15, 0.2) is 5.96 Å². The third kappa shape index (κ3) is 9.11. The van der Waals surface area contributed by atoms with Crippen molar-refractivity contribution in [2.24, 2.45) is 4.99 Å². The Kier molecular flexibility index (Phi) is 10.7. The molecular weight excluding hydrogens is 340 g/mol. The van der Waals surface area contributed by atoms with Crippen molar-refractivity contribution in [2.45, 2.75) is 38.7 Å². The third-order valence-electron chi connectivity index (χ3n) is 4.55. The second kappa shape index (κ2) is 13.4. The van der Waals surface area contributed by atoms with Gasteiger partial charge in [-0.05, 0) is 44.7 Å². The molecule has 1 atom stereocenters. The van der Waals surface area contributed by atoms with Crippen LogP contribution < -0.4 is 15.5 Å². The van der Waals surface area contributed by atoms with Gasteiger partial charge in [0.05, 0.1) is 12.7 Å². The third-order valence-corrected chi connectivity index (χ3v) is 4.55. The lowest BCUT2D eigenvalue weighted by Gasteiger charge is -2.18. The lowest BCUT2D eigenvalue weighted by atomic mass is 10.2. The molecule has 1 saturated heterocycles. The summed E-state index contributed by atoms with van der Waals surface area (Å²) in [4.78, 5) is 6.93. The number of aliphatic imine (C=N–C) groups is 1. The maximum atomic E-state index is 5.70. The van der Waals surface area contributed by atoms with E-state index in [0.29, 0.717) is 6.10 Å². The van der Waals surface area contributed by atoms with E-state index in [9.17, 15) is 0 Å². The van der Waals surface area contributed by atoms with Gasteiger partial charge in [-0.3, -0.25) is 4.99 Å². The Bertz CT molecular complexity index is 518. The van der Waals surface area contributed by atoms with Crippen molar-refractivity contribution in [1.82, 2.24) is 10.6 Å². The van der Waals surface area contributed by atoms with Crippen LogP contribution in [0.5, 0.6) is 0 Å². The van der Waals surface area contributed by atoms with Crippen LogP contribution in [0, 0.1) is 0 Å². The quantitative estimate of drug-likeness (QED) is 0.334. The van der Waals surface area contributed by atoms with Gasteiger partial charge >= 0.3 is 0 Å². The zero-order valence-electron chi connectivity index (χ0n) is 17.0. The number of ether oxygens (including phenoxy) is 2. The molecule has 27 heavy (non-hydrogen) atoms. The van der Waals surface area contributed by atoms with Crippen molar-refractivity contribution in [3.63, 3.8) is 0 Å². The smallest absolute Gasteiger partial charge is 0.191 e. The summed E-state index contributed by atoms with van der Waals surface area (Å²) >= 11 is 0. The molecule has 0 saturated carbocycles. The first kappa shape index (κ1) is 21.5. The van der Waals surface area contributed by atoms with Crippen molar-refractivity contribution < 1.29 is 9.47 Å². The molecule has 1 aliphatic rings. The van der Waals surface area contributed by atoms with Gasteiger partial charge in [-0.1, -0.05) is 18.2 Å². The molecule has 2 N–H and O–H groups in total. The van der Waals surface area contributed by atoms with Crippen molar-refractivity contribution >= 4 is 11.6 Å². The molecule has 6 nitrogen and oxygen atoms in total. The van der Waals surface area contributed by atoms with Gasteiger partial charge < -0.3 is 25.0 Å². The van der Waals surface area contributed by atoms with Gasteiger partial charge in [-0.15, -0.1) is 0 Å². The molecule has 1 fully saturated rings. The first-order chi connectivity index (χ1) is 13.3. The molecule has 1 aromatic rings. The largest absolute Gasteiger partial charge is 0.379 e. The molecule has 0 bridgehead atoms. The summed E-state index contributed by atoms with van der Waals surface area (Å²) in [5, 5.41) is 6.69. The number of nitrogens with one attached hydrogen (secondary N) is 2. The summed E-state index contributed by atoms with van der Waals surface area (Å²) in [6, 6.07) is 10.5. The molecule has 1 aliphatic heterocycles. The fraction of sp³-hybridized carbons (Fsp3) is 0.667. The second-order valence-corrected chi connectivity index (χ2v) is 6.86. The minimum Gasteiger partial charge on any atom is -0.379 e. The van der Waals surface area contributed by atoms with E-state index in [1.54, 1.807) is 0 Å².